The van der Waals surface area contributed by atoms with Crippen LogP contribution in [0.2, 0.25) is 5.02 Å². The van der Waals surface area contributed by atoms with Gasteiger partial charge in [-0.05, 0) is 24.6 Å². The number of oxime groups is 1. The Morgan fingerprint density at radius 2 is 2.17 bits per heavy atom. The van der Waals surface area contributed by atoms with E-state index >= 15 is 0 Å². The Labute approximate surface area is 80.4 Å². The molecule has 2 nitrogen and oxygen atoms in total. The summed E-state index contributed by atoms with van der Waals surface area (Å²) in [6.07, 6.45) is 0. The summed E-state index contributed by atoms with van der Waals surface area (Å²) in [4.78, 5) is 0. The third-order valence-corrected chi connectivity index (χ3v) is 2.01. The lowest BCUT2D eigenvalue weighted by atomic mass is 10.1. The van der Waals surface area contributed by atoms with Crippen molar-refractivity contribution in [3.05, 3.63) is 34.3 Å². The minimum absolute atomic E-state index is 0.0733. The molecule has 0 saturated carbocycles. The third-order valence-electron chi connectivity index (χ3n) is 1.50. The van der Waals surface area contributed by atoms with E-state index in [0.717, 1.165) is 5.56 Å². The van der Waals surface area contributed by atoms with E-state index in [1.165, 1.54) is 0 Å². The fourth-order valence-corrected chi connectivity index (χ4v) is 1.35. The van der Waals surface area contributed by atoms with Crippen LogP contribution in [-0.2, 0) is 0 Å². The molecule has 0 saturated heterocycles. The van der Waals surface area contributed by atoms with Crippen molar-refractivity contribution < 1.29 is 5.21 Å². The first-order valence-corrected chi connectivity index (χ1v) is 4.05. The summed E-state index contributed by atoms with van der Waals surface area (Å²) in [6.45, 7) is 1.84. The minimum atomic E-state index is 0.0733. The molecule has 0 aliphatic carbocycles. The van der Waals surface area contributed by atoms with Crippen LogP contribution < -0.4 is 0 Å². The molecule has 1 aromatic rings. The summed E-state index contributed by atoms with van der Waals surface area (Å²) in [6, 6.07) is 5.15. The van der Waals surface area contributed by atoms with Crippen LogP contribution in [0.25, 0.3) is 0 Å². The fourth-order valence-electron chi connectivity index (χ4n) is 0.912. The maximum atomic E-state index is 8.40. The second-order valence-electron chi connectivity index (χ2n) is 2.35. The largest absolute Gasteiger partial charge is 0.410 e. The SMILES string of the molecule is Cc1cc(Cl)ccc1C(Cl)=NO. The van der Waals surface area contributed by atoms with Crippen LogP contribution in [0.5, 0.6) is 0 Å². The van der Waals surface area contributed by atoms with Crippen LogP contribution in [0, 0.1) is 6.92 Å². The second kappa shape index (κ2) is 3.78. The van der Waals surface area contributed by atoms with Gasteiger partial charge in [0.05, 0.1) is 0 Å². The molecule has 64 valence electrons. The van der Waals surface area contributed by atoms with Crippen molar-refractivity contribution in [1.82, 2.24) is 0 Å². The molecule has 1 rings (SSSR count). The Kier molecular flexibility index (Phi) is 2.95. The number of halogens is 2. The molecule has 0 spiro atoms. The fraction of sp³-hybridized carbons (Fsp3) is 0.125. The highest BCUT2D eigenvalue weighted by Gasteiger charge is 2.04. The monoisotopic (exact) mass is 203 g/mol. The van der Waals surface area contributed by atoms with Crippen LogP contribution in [0.15, 0.2) is 23.4 Å². The maximum absolute atomic E-state index is 8.40. The lowest BCUT2D eigenvalue weighted by molar-refractivity contribution is 0.321. The zero-order chi connectivity index (χ0) is 9.14. The Morgan fingerprint density at radius 1 is 1.50 bits per heavy atom. The van der Waals surface area contributed by atoms with Gasteiger partial charge in [0.25, 0.3) is 0 Å². The van der Waals surface area contributed by atoms with Crippen LogP contribution in [0.4, 0.5) is 0 Å². The van der Waals surface area contributed by atoms with E-state index in [0.29, 0.717) is 10.6 Å². The van der Waals surface area contributed by atoms with E-state index in [-0.39, 0.29) is 5.17 Å². The van der Waals surface area contributed by atoms with Gasteiger partial charge in [0, 0.05) is 10.6 Å². The number of aryl methyl sites for hydroxylation is 1. The minimum Gasteiger partial charge on any atom is -0.410 e. The van der Waals surface area contributed by atoms with E-state index in [1.54, 1.807) is 18.2 Å². The van der Waals surface area contributed by atoms with E-state index < -0.39 is 0 Å². The molecule has 0 atom stereocenters. The van der Waals surface area contributed by atoms with Crippen molar-refractivity contribution in [2.45, 2.75) is 6.92 Å². The lowest BCUT2D eigenvalue weighted by Crippen LogP contribution is -1.94. The molecule has 1 N–H and O–H groups in total. The summed E-state index contributed by atoms with van der Waals surface area (Å²) >= 11 is 11.3. The molecule has 0 heterocycles. The second-order valence-corrected chi connectivity index (χ2v) is 3.14. The summed E-state index contributed by atoms with van der Waals surface area (Å²) in [5.41, 5.74) is 1.56. The topological polar surface area (TPSA) is 32.6 Å². The molecule has 12 heavy (non-hydrogen) atoms. The van der Waals surface area contributed by atoms with E-state index in [2.05, 4.69) is 5.16 Å². The first-order valence-electron chi connectivity index (χ1n) is 3.29. The highest BCUT2D eigenvalue weighted by Crippen LogP contribution is 2.16. The van der Waals surface area contributed by atoms with Gasteiger partial charge in [0.2, 0.25) is 0 Å². The quantitative estimate of drug-likeness (QED) is 0.425. The number of hydrogen-bond acceptors (Lipinski definition) is 2. The third kappa shape index (κ3) is 1.90. The molecule has 0 amide bonds. The van der Waals surface area contributed by atoms with Gasteiger partial charge < -0.3 is 5.21 Å². The Bertz CT molecular complexity index is 323. The molecule has 0 radical (unpaired) electrons. The molecule has 0 unspecified atom stereocenters. The molecule has 0 aromatic heterocycles. The first-order chi connectivity index (χ1) is 5.65. The highest BCUT2D eigenvalue weighted by atomic mass is 35.5. The van der Waals surface area contributed by atoms with Crippen molar-refractivity contribution in [1.29, 1.82) is 0 Å². The normalized spacial score (nSPS) is 11.8. The van der Waals surface area contributed by atoms with Gasteiger partial charge in [-0.1, -0.05) is 34.4 Å². The lowest BCUT2D eigenvalue weighted by Gasteiger charge is -2.01. The molecular weight excluding hydrogens is 197 g/mol. The number of hydrogen-bond donors (Lipinski definition) is 1. The van der Waals surface area contributed by atoms with Crippen LogP contribution in [0.1, 0.15) is 11.1 Å². The molecule has 0 aliphatic rings. The Balaban J connectivity index is 3.18. The highest BCUT2D eigenvalue weighted by molar-refractivity contribution is 6.69. The van der Waals surface area contributed by atoms with Gasteiger partial charge in [0.15, 0.2) is 5.17 Å². The zero-order valence-electron chi connectivity index (χ0n) is 6.38. The average molecular weight is 204 g/mol. The summed E-state index contributed by atoms with van der Waals surface area (Å²) in [7, 11) is 0. The predicted octanol–water partition coefficient (Wildman–Crippen LogP) is 3.02. The standard InChI is InChI=1S/C8H7Cl2NO/c1-5-4-6(9)2-3-7(5)8(10)11-12/h2-4,12H,1H3. The van der Waals surface area contributed by atoms with Crippen molar-refractivity contribution in [3.8, 4) is 0 Å². The molecule has 4 heteroatoms. The number of benzene rings is 1. The van der Waals surface area contributed by atoms with Gasteiger partial charge in [-0.15, -0.1) is 0 Å². The smallest absolute Gasteiger partial charge is 0.175 e. The summed E-state index contributed by atoms with van der Waals surface area (Å²) in [5, 5.41) is 12.0. The van der Waals surface area contributed by atoms with E-state index in [9.17, 15) is 0 Å². The average Bonchev–Trinajstić information content (AvgIpc) is 2.03. The van der Waals surface area contributed by atoms with Crippen LogP contribution in [0.3, 0.4) is 0 Å². The van der Waals surface area contributed by atoms with Crippen LogP contribution >= 0.6 is 23.2 Å². The Morgan fingerprint density at radius 3 is 2.67 bits per heavy atom. The van der Waals surface area contributed by atoms with Crippen molar-refractivity contribution in [2.24, 2.45) is 5.16 Å². The van der Waals surface area contributed by atoms with Crippen molar-refractivity contribution in [2.75, 3.05) is 0 Å². The van der Waals surface area contributed by atoms with Crippen molar-refractivity contribution in [3.63, 3.8) is 0 Å². The van der Waals surface area contributed by atoms with Gasteiger partial charge in [0.1, 0.15) is 0 Å². The summed E-state index contributed by atoms with van der Waals surface area (Å²) < 4.78 is 0. The van der Waals surface area contributed by atoms with Crippen LogP contribution in [-0.4, -0.2) is 10.4 Å². The number of rotatable bonds is 1. The van der Waals surface area contributed by atoms with Gasteiger partial charge in [-0.3, -0.25) is 0 Å². The predicted molar refractivity (Wildman–Crippen MR) is 50.4 cm³/mol. The van der Waals surface area contributed by atoms with E-state index in [4.69, 9.17) is 28.4 Å². The maximum Gasteiger partial charge on any atom is 0.175 e. The molecule has 0 aliphatic heterocycles. The molecular formula is C8H7Cl2NO. The van der Waals surface area contributed by atoms with Gasteiger partial charge >= 0.3 is 0 Å². The van der Waals surface area contributed by atoms with Gasteiger partial charge in [-0.2, -0.15) is 0 Å². The molecule has 0 bridgehead atoms. The molecule has 1 aromatic carbocycles. The van der Waals surface area contributed by atoms with E-state index in [1.807, 2.05) is 6.92 Å². The molecule has 0 fully saturated rings. The number of nitrogens with zero attached hydrogens (tertiary/aromatic N) is 1. The summed E-state index contributed by atoms with van der Waals surface area (Å²) in [5.74, 6) is 0. The van der Waals surface area contributed by atoms with Crippen molar-refractivity contribution >= 4 is 28.4 Å². The zero-order valence-corrected chi connectivity index (χ0v) is 7.89. The van der Waals surface area contributed by atoms with Gasteiger partial charge in [-0.25, -0.2) is 0 Å². The Hall–Kier alpha value is -0.730. The first kappa shape index (κ1) is 9.36.